The number of hydrogen-bond acceptors (Lipinski definition) is 5. The summed E-state index contributed by atoms with van der Waals surface area (Å²) in [4.78, 5) is 26.0. The summed E-state index contributed by atoms with van der Waals surface area (Å²) in [7, 11) is -4.17. The maximum Gasteiger partial charge on any atom is 0.252 e. The largest absolute Gasteiger partial charge is 0.319 e. The van der Waals surface area contributed by atoms with Crippen molar-refractivity contribution < 1.29 is 31.2 Å². The highest BCUT2D eigenvalue weighted by Crippen LogP contribution is 2.51. The van der Waals surface area contributed by atoms with Gasteiger partial charge in [0.25, 0.3) is 5.92 Å². The number of benzene rings is 2. The van der Waals surface area contributed by atoms with Gasteiger partial charge in [0.1, 0.15) is 5.82 Å². The van der Waals surface area contributed by atoms with Crippen LogP contribution < -0.4 is 10.6 Å². The molecule has 2 aromatic carbocycles. The minimum absolute atomic E-state index is 0. The Labute approximate surface area is 199 Å². The van der Waals surface area contributed by atoms with Crippen molar-refractivity contribution in [2.75, 3.05) is 10.7 Å². The summed E-state index contributed by atoms with van der Waals surface area (Å²) >= 11 is 5.88. The molecule has 0 unspecified atom stereocenters. The number of nitrogens with two attached hydrogens (primary N) is 1. The topological polar surface area (TPSA) is 97.5 Å². The smallest absolute Gasteiger partial charge is 0.252 e. The van der Waals surface area contributed by atoms with Gasteiger partial charge in [0.15, 0.2) is 15.6 Å². The molecule has 0 aromatic heterocycles. The molecule has 2 aromatic rings. The lowest BCUT2D eigenvalue weighted by molar-refractivity contribution is -0.119. The molecular weight excluding hydrogens is 504 g/mol. The first kappa shape index (κ1) is 25.5. The molecule has 2 N–H and O–H groups in total. The summed E-state index contributed by atoms with van der Waals surface area (Å²) in [6.07, 6.45) is -1.05. The lowest BCUT2D eigenvalue weighted by Gasteiger charge is -2.25. The van der Waals surface area contributed by atoms with Crippen LogP contribution in [0.1, 0.15) is 28.8 Å². The molecule has 0 bridgehead atoms. The van der Waals surface area contributed by atoms with E-state index in [0.717, 1.165) is 11.0 Å². The molecule has 33 heavy (non-hydrogen) atoms. The summed E-state index contributed by atoms with van der Waals surface area (Å²) in [6.45, 7) is -0.119. The third kappa shape index (κ3) is 5.03. The van der Waals surface area contributed by atoms with Crippen molar-refractivity contribution in [1.29, 1.82) is 0 Å². The van der Waals surface area contributed by atoms with Gasteiger partial charge in [-0.25, -0.2) is 21.6 Å². The number of fused-ring (bicyclic) bond motifs is 1. The number of Topliss-reactive ketones (excluding diaryl/α,β-unsaturated/α-hetero) is 1. The first-order valence-electron chi connectivity index (χ1n) is 9.68. The molecule has 12 heteroatoms. The summed E-state index contributed by atoms with van der Waals surface area (Å²) in [5.41, 5.74) is 5.62. The molecule has 178 valence electrons. The van der Waals surface area contributed by atoms with Crippen LogP contribution >= 0.6 is 24.0 Å². The van der Waals surface area contributed by atoms with Crippen LogP contribution in [0.2, 0.25) is 5.02 Å². The fourth-order valence-electron chi connectivity index (χ4n) is 3.69. The predicted molar refractivity (Wildman–Crippen MR) is 118 cm³/mol. The summed E-state index contributed by atoms with van der Waals surface area (Å²) in [6, 6.07) is 6.57. The van der Waals surface area contributed by atoms with E-state index in [1.165, 1.54) is 0 Å². The van der Waals surface area contributed by atoms with Crippen LogP contribution in [0, 0.1) is 11.7 Å². The van der Waals surface area contributed by atoms with Crippen LogP contribution in [0.5, 0.6) is 0 Å². The van der Waals surface area contributed by atoms with Gasteiger partial charge < -0.3 is 10.6 Å². The molecule has 4 rings (SSSR count). The number of nitrogens with zero attached hydrogens (tertiary/aromatic N) is 1. The van der Waals surface area contributed by atoms with Gasteiger partial charge in [0.2, 0.25) is 5.91 Å². The van der Waals surface area contributed by atoms with E-state index in [-0.39, 0.29) is 24.6 Å². The highest BCUT2D eigenvalue weighted by Gasteiger charge is 2.57. The molecule has 1 aliphatic carbocycles. The van der Waals surface area contributed by atoms with Crippen molar-refractivity contribution in [3.63, 3.8) is 0 Å². The van der Waals surface area contributed by atoms with Gasteiger partial charge in [0.05, 0.1) is 34.5 Å². The van der Waals surface area contributed by atoms with Crippen LogP contribution in [0.4, 0.5) is 18.9 Å². The number of carbonyl (C=O) groups is 2. The minimum atomic E-state index is -4.17. The Kier molecular flexibility index (Phi) is 6.87. The average Bonchev–Trinajstić information content (AvgIpc) is 3.32. The molecule has 1 aliphatic heterocycles. The number of ketones is 1. The average molecular weight is 523 g/mol. The number of anilines is 1. The Morgan fingerprint density at radius 1 is 1.21 bits per heavy atom. The van der Waals surface area contributed by atoms with Crippen LogP contribution in [-0.4, -0.2) is 37.8 Å². The zero-order valence-corrected chi connectivity index (χ0v) is 19.3. The second-order valence-electron chi connectivity index (χ2n) is 8.03. The first-order chi connectivity index (χ1) is 14.9. The zero-order chi connectivity index (χ0) is 23.4. The standard InChI is InChI=1S/C21H18ClF3N2O4S.ClH/c22-13-3-1-11(2-4-13)9-27-17-6-14(18(28)5-12-8-21(12,24)25)15(23)7-19(17)32(30,31)10-16(26)20(27)29;/h1-4,6-7,12,16H,5,8-10,26H2;1H/t12-,16+;/m1./s1. The van der Waals surface area contributed by atoms with E-state index in [4.69, 9.17) is 17.3 Å². The highest BCUT2D eigenvalue weighted by atomic mass is 35.5. The lowest BCUT2D eigenvalue weighted by atomic mass is 10.0. The second-order valence-corrected chi connectivity index (χ2v) is 10.5. The molecule has 1 amide bonds. The van der Waals surface area contributed by atoms with Gasteiger partial charge >= 0.3 is 0 Å². The fraction of sp³-hybridized carbons (Fsp3) is 0.333. The van der Waals surface area contributed by atoms with Gasteiger partial charge in [-0.3, -0.25) is 9.59 Å². The number of sulfone groups is 1. The zero-order valence-electron chi connectivity index (χ0n) is 16.9. The van der Waals surface area contributed by atoms with Gasteiger partial charge in [-0.15, -0.1) is 12.4 Å². The maximum atomic E-state index is 14.7. The van der Waals surface area contributed by atoms with Crippen LogP contribution in [-0.2, 0) is 21.2 Å². The maximum absolute atomic E-state index is 14.7. The summed E-state index contributed by atoms with van der Waals surface area (Å²) in [5, 5.41) is 0.447. The number of carbonyl (C=O) groups excluding carboxylic acids is 2. The quantitative estimate of drug-likeness (QED) is 0.602. The van der Waals surface area contributed by atoms with Crippen LogP contribution in [0.15, 0.2) is 41.3 Å². The number of rotatable bonds is 5. The Bertz CT molecular complexity index is 1220. The predicted octanol–water partition coefficient (Wildman–Crippen LogP) is 3.78. The minimum Gasteiger partial charge on any atom is -0.319 e. The molecule has 0 saturated heterocycles. The van der Waals surface area contributed by atoms with Crippen LogP contribution in [0.25, 0.3) is 0 Å². The third-order valence-electron chi connectivity index (χ3n) is 5.60. The van der Waals surface area contributed by atoms with E-state index in [1.807, 2.05) is 0 Å². The Morgan fingerprint density at radius 2 is 1.82 bits per heavy atom. The monoisotopic (exact) mass is 522 g/mol. The number of hydrogen-bond donors (Lipinski definition) is 1. The van der Waals surface area contributed by atoms with E-state index in [2.05, 4.69) is 0 Å². The van der Waals surface area contributed by atoms with E-state index >= 15 is 0 Å². The first-order valence-corrected chi connectivity index (χ1v) is 11.7. The Hall–Kier alpha value is -2.14. The van der Waals surface area contributed by atoms with Crippen molar-refractivity contribution >= 4 is 51.2 Å². The SMILES string of the molecule is Cl.N[C@H]1CS(=O)(=O)c2cc(F)c(C(=O)C[C@@H]3CC3(F)F)cc2N(Cc2ccc(Cl)cc2)C1=O. The summed E-state index contributed by atoms with van der Waals surface area (Å²) in [5.74, 6) is -7.67. The molecule has 1 saturated carbocycles. The number of amides is 1. The number of alkyl halides is 2. The molecule has 6 nitrogen and oxygen atoms in total. The number of halogens is 5. The molecule has 1 fully saturated rings. The lowest BCUT2D eigenvalue weighted by Crippen LogP contribution is -2.45. The Morgan fingerprint density at radius 3 is 2.39 bits per heavy atom. The van der Waals surface area contributed by atoms with Crippen molar-refractivity contribution in [2.24, 2.45) is 11.7 Å². The second kappa shape index (κ2) is 8.90. The fourth-order valence-corrected chi connectivity index (χ4v) is 5.39. The van der Waals surface area contributed by atoms with E-state index < -0.39 is 74.3 Å². The normalized spacial score (nSPS) is 22.7. The van der Waals surface area contributed by atoms with Crippen molar-refractivity contribution in [2.45, 2.75) is 36.2 Å². The van der Waals surface area contributed by atoms with Gasteiger partial charge in [-0.1, -0.05) is 23.7 Å². The third-order valence-corrected chi connectivity index (χ3v) is 7.65. The molecular formula is C21H19Cl2F3N2O4S. The highest BCUT2D eigenvalue weighted by molar-refractivity contribution is 7.91. The molecule has 0 spiro atoms. The van der Waals surface area contributed by atoms with E-state index in [0.29, 0.717) is 16.7 Å². The van der Waals surface area contributed by atoms with Crippen molar-refractivity contribution in [3.05, 3.63) is 58.4 Å². The Balaban J connectivity index is 0.00000306. The van der Waals surface area contributed by atoms with Gasteiger partial charge in [-0.2, -0.15) is 0 Å². The van der Waals surface area contributed by atoms with Crippen molar-refractivity contribution in [1.82, 2.24) is 0 Å². The van der Waals surface area contributed by atoms with Crippen LogP contribution in [0.3, 0.4) is 0 Å². The summed E-state index contributed by atoms with van der Waals surface area (Å²) < 4.78 is 66.7. The van der Waals surface area contributed by atoms with E-state index in [1.54, 1.807) is 24.3 Å². The van der Waals surface area contributed by atoms with E-state index in [9.17, 15) is 31.2 Å². The molecule has 1 heterocycles. The molecule has 2 aliphatic rings. The molecule has 0 radical (unpaired) electrons. The molecule has 2 atom stereocenters. The van der Waals surface area contributed by atoms with Crippen molar-refractivity contribution in [3.8, 4) is 0 Å². The van der Waals surface area contributed by atoms with Gasteiger partial charge in [0, 0.05) is 23.8 Å². The van der Waals surface area contributed by atoms with Gasteiger partial charge in [-0.05, 0) is 29.8 Å².